The van der Waals surface area contributed by atoms with E-state index in [1.807, 2.05) is 18.4 Å². The number of fused-ring (bicyclic) bond motifs is 1. The lowest BCUT2D eigenvalue weighted by Gasteiger charge is -2.07. The lowest BCUT2D eigenvalue weighted by Crippen LogP contribution is -2.18. The minimum atomic E-state index is 0.654. The Morgan fingerprint density at radius 3 is 2.89 bits per heavy atom. The smallest absolute Gasteiger partial charge is 0.134 e. The summed E-state index contributed by atoms with van der Waals surface area (Å²) in [5.41, 5.74) is 2.11. The van der Waals surface area contributed by atoms with E-state index in [1.54, 1.807) is 0 Å². The zero-order valence-electron chi connectivity index (χ0n) is 12.0. The van der Waals surface area contributed by atoms with Crippen LogP contribution in [0.3, 0.4) is 0 Å². The molecule has 0 aliphatic carbocycles. The molecule has 1 N–H and O–H groups in total. The molecule has 0 fully saturated rings. The Bertz CT molecular complexity index is 516. The summed E-state index contributed by atoms with van der Waals surface area (Å²) in [6.07, 6.45) is 2.85. The summed E-state index contributed by atoms with van der Waals surface area (Å²) in [5.74, 6) is 1.57. The van der Waals surface area contributed by atoms with Gasteiger partial charge in [0.25, 0.3) is 0 Å². The number of rotatable bonds is 7. The highest BCUT2D eigenvalue weighted by Gasteiger charge is 2.07. The summed E-state index contributed by atoms with van der Waals surface area (Å²) in [6, 6.07) is 6.01. The number of benzene rings is 1. The maximum atomic E-state index is 5.67. The van der Waals surface area contributed by atoms with Crippen LogP contribution >= 0.6 is 0 Å². The summed E-state index contributed by atoms with van der Waals surface area (Å²) in [7, 11) is 0. The van der Waals surface area contributed by atoms with Gasteiger partial charge < -0.3 is 14.5 Å². The van der Waals surface area contributed by atoms with Crippen molar-refractivity contribution in [2.45, 2.75) is 33.7 Å². The number of hydrogen-bond acceptors (Lipinski definition) is 3. The van der Waals surface area contributed by atoms with Gasteiger partial charge in [0.05, 0.1) is 12.9 Å². The number of ether oxygens (including phenoxy) is 1. The molecule has 3 nitrogen and oxygen atoms in total. The number of nitrogens with one attached hydrogen (secondary N) is 1. The lowest BCUT2D eigenvalue weighted by molar-refractivity contribution is 0.318. The first-order valence-corrected chi connectivity index (χ1v) is 7.04. The summed E-state index contributed by atoms with van der Waals surface area (Å²) >= 11 is 0. The highest BCUT2D eigenvalue weighted by molar-refractivity contribution is 5.82. The van der Waals surface area contributed by atoms with Crippen molar-refractivity contribution in [3.8, 4) is 5.75 Å². The van der Waals surface area contributed by atoms with Gasteiger partial charge in [0.2, 0.25) is 0 Å². The standard InChI is InChI=1S/C16H23NO2/c1-4-7-18-14-5-6-16-15(8-14)13(11-19-16)10-17-9-12(2)3/h5-6,8,11-12,17H,4,7,9-10H2,1-3H3. The molecule has 0 unspecified atom stereocenters. The molecule has 0 spiro atoms. The predicted molar refractivity (Wildman–Crippen MR) is 78.5 cm³/mol. The van der Waals surface area contributed by atoms with Crippen molar-refractivity contribution in [1.82, 2.24) is 5.32 Å². The van der Waals surface area contributed by atoms with E-state index in [1.165, 1.54) is 5.56 Å². The first-order valence-electron chi connectivity index (χ1n) is 7.04. The molecule has 0 aliphatic heterocycles. The molecule has 0 aliphatic rings. The molecule has 0 bridgehead atoms. The SMILES string of the molecule is CCCOc1ccc2occ(CNCC(C)C)c2c1. The summed E-state index contributed by atoms with van der Waals surface area (Å²) in [6.45, 7) is 9.12. The summed E-state index contributed by atoms with van der Waals surface area (Å²) in [4.78, 5) is 0. The zero-order valence-corrected chi connectivity index (χ0v) is 12.0. The van der Waals surface area contributed by atoms with Crippen molar-refractivity contribution in [2.24, 2.45) is 5.92 Å². The van der Waals surface area contributed by atoms with E-state index in [9.17, 15) is 0 Å². The molecule has 0 amide bonds. The van der Waals surface area contributed by atoms with Gasteiger partial charge in [-0.1, -0.05) is 20.8 Å². The zero-order chi connectivity index (χ0) is 13.7. The van der Waals surface area contributed by atoms with Crippen LogP contribution in [0, 0.1) is 5.92 Å². The first kappa shape index (κ1) is 13.9. The number of furan rings is 1. The van der Waals surface area contributed by atoms with Crippen LogP contribution < -0.4 is 10.1 Å². The maximum Gasteiger partial charge on any atom is 0.134 e. The predicted octanol–water partition coefficient (Wildman–Crippen LogP) is 3.97. The second-order valence-corrected chi connectivity index (χ2v) is 5.29. The minimum absolute atomic E-state index is 0.654. The second-order valence-electron chi connectivity index (χ2n) is 5.29. The van der Waals surface area contributed by atoms with Gasteiger partial charge in [0, 0.05) is 17.5 Å². The molecule has 0 saturated heterocycles. The van der Waals surface area contributed by atoms with Crippen LogP contribution in [0.15, 0.2) is 28.9 Å². The Morgan fingerprint density at radius 1 is 1.32 bits per heavy atom. The average molecular weight is 261 g/mol. The van der Waals surface area contributed by atoms with E-state index >= 15 is 0 Å². The van der Waals surface area contributed by atoms with Crippen LogP contribution in [0.4, 0.5) is 0 Å². The van der Waals surface area contributed by atoms with Crippen molar-refractivity contribution in [3.05, 3.63) is 30.0 Å². The topological polar surface area (TPSA) is 34.4 Å². The van der Waals surface area contributed by atoms with Gasteiger partial charge in [-0.25, -0.2) is 0 Å². The van der Waals surface area contributed by atoms with Crippen molar-refractivity contribution in [3.63, 3.8) is 0 Å². The van der Waals surface area contributed by atoms with Crippen LogP contribution in [0.1, 0.15) is 32.8 Å². The van der Waals surface area contributed by atoms with E-state index in [0.717, 1.165) is 42.8 Å². The quantitative estimate of drug-likeness (QED) is 0.819. The van der Waals surface area contributed by atoms with E-state index in [-0.39, 0.29) is 0 Å². The Hall–Kier alpha value is -1.48. The average Bonchev–Trinajstić information content (AvgIpc) is 2.79. The van der Waals surface area contributed by atoms with Crippen molar-refractivity contribution < 1.29 is 9.15 Å². The van der Waals surface area contributed by atoms with Gasteiger partial charge in [-0.3, -0.25) is 0 Å². The second kappa shape index (κ2) is 6.62. The molecule has 0 atom stereocenters. The van der Waals surface area contributed by atoms with Crippen LogP contribution in [-0.4, -0.2) is 13.2 Å². The third-order valence-corrected chi connectivity index (χ3v) is 2.97. The van der Waals surface area contributed by atoms with Crippen LogP contribution in [-0.2, 0) is 6.54 Å². The van der Waals surface area contributed by atoms with Crippen molar-refractivity contribution >= 4 is 11.0 Å². The highest BCUT2D eigenvalue weighted by atomic mass is 16.5. The molecule has 104 valence electrons. The normalized spacial score (nSPS) is 11.4. The first-order chi connectivity index (χ1) is 9.20. The molecule has 0 saturated carbocycles. The van der Waals surface area contributed by atoms with Gasteiger partial charge >= 0.3 is 0 Å². The Morgan fingerprint density at radius 2 is 2.16 bits per heavy atom. The van der Waals surface area contributed by atoms with Gasteiger partial charge in [0.1, 0.15) is 11.3 Å². The molecule has 2 rings (SSSR count). The van der Waals surface area contributed by atoms with Crippen molar-refractivity contribution in [1.29, 1.82) is 0 Å². The fraction of sp³-hybridized carbons (Fsp3) is 0.500. The van der Waals surface area contributed by atoms with Crippen LogP contribution in [0.5, 0.6) is 5.75 Å². The van der Waals surface area contributed by atoms with Gasteiger partial charge in [-0.05, 0) is 37.1 Å². The molecule has 19 heavy (non-hydrogen) atoms. The number of hydrogen-bond donors (Lipinski definition) is 1. The molecule has 2 aromatic rings. The highest BCUT2D eigenvalue weighted by Crippen LogP contribution is 2.26. The van der Waals surface area contributed by atoms with E-state index in [0.29, 0.717) is 5.92 Å². The van der Waals surface area contributed by atoms with Crippen LogP contribution in [0.2, 0.25) is 0 Å². The lowest BCUT2D eigenvalue weighted by atomic mass is 10.1. The Balaban J connectivity index is 2.10. The Kier molecular flexibility index (Phi) is 4.86. The molecule has 1 heterocycles. The van der Waals surface area contributed by atoms with Crippen molar-refractivity contribution in [2.75, 3.05) is 13.2 Å². The van der Waals surface area contributed by atoms with E-state index < -0.39 is 0 Å². The summed E-state index contributed by atoms with van der Waals surface area (Å²) in [5, 5.41) is 4.58. The largest absolute Gasteiger partial charge is 0.494 e. The molecular formula is C16H23NO2. The monoisotopic (exact) mass is 261 g/mol. The third-order valence-electron chi connectivity index (χ3n) is 2.97. The molecule has 3 heteroatoms. The fourth-order valence-electron chi connectivity index (χ4n) is 2.00. The molecule has 0 radical (unpaired) electrons. The third kappa shape index (κ3) is 3.74. The van der Waals surface area contributed by atoms with Gasteiger partial charge in [-0.15, -0.1) is 0 Å². The Labute approximate surface area is 114 Å². The van der Waals surface area contributed by atoms with E-state index in [4.69, 9.17) is 9.15 Å². The molecular weight excluding hydrogens is 238 g/mol. The maximum absolute atomic E-state index is 5.67. The van der Waals surface area contributed by atoms with E-state index in [2.05, 4.69) is 32.2 Å². The van der Waals surface area contributed by atoms with Gasteiger partial charge in [0.15, 0.2) is 0 Å². The minimum Gasteiger partial charge on any atom is -0.494 e. The summed E-state index contributed by atoms with van der Waals surface area (Å²) < 4.78 is 11.2. The molecule has 1 aromatic heterocycles. The molecule has 1 aromatic carbocycles. The van der Waals surface area contributed by atoms with Gasteiger partial charge in [-0.2, -0.15) is 0 Å². The fourth-order valence-corrected chi connectivity index (χ4v) is 2.00. The van der Waals surface area contributed by atoms with Crippen LogP contribution in [0.25, 0.3) is 11.0 Å².